The number of benzene rings is 2. The molecule has 0 N–H and O–H groups in total. The van der Waals surface area contributed by atoms with Gasteiger partial charge in [0.1, 0.15) is 12.4 Å². The number of rotatable bonds is 8. The number of hydrogen-bond donors (Lipinski definition) is 0. The number of hydrogen-bond acceptors (Lipinski definition) is 7. The van der Waals surface area contributed by atoms with Gasteiger partial charge in [0, 0.05) is 23.4 Å². The van der Waals surface area contributed by atoms with Crippen LogP contribution in [0, 0.1) is 5.82 Å². The molecule has 2 aromatic carbocycles. The lowest BCUT2D eigenvalue weighted by Crippen LogP contribution is -2.23. The second-order valence-corrected chi connectivity index (χ2v) is 9.04. The number of amides is 1. The molecule has 4 rings (SSSR count). The van der Waals surface area contributed by atoms with Gasteiger partial charge in [-0.05, 0) is 43.4 Å². The Kier molecular flexibility index (Phi) is 7.11. The van der Waals surface area contributed by atoms with Crippen molar-refractivity contribution >= 4 is 45.2 Å². The number of thioether (sulfide) groups is 1. The summed E-state index contributed by atoms with van der Waals surface area (Å²) in [5, 5.41) is 0. The fraction of sp³-hybridized carbons (Fsp3) is 0.318. The Morgan fingerprint density at radius 2 is 1.97 bits per heavy atom. The lowest BCUT2D eigenvalue weighted by atomic mass is 10.3. The first-order valence-corrected chi connectivity index (χ1v) is 11.9. The minimum absolute atomic E-state index is 0.0555. The van der Waals surface area contributed by atoms with Crippen LogP contribution >= 0.6 is 23.1 Å². The summed E-state index contributed by atoms with van der Waals surface area (Å²) in [6.07, 6.45) is 0.897. The Morgan fingerprint density at radius 1 is 1.22 bits per heavy atom. The van der Waals surface area contributed by atoms with Crippen LogP contribution in [-0.2, 0) is 20.9 Å². The van der Waals surface area contributed by atoms with Gasteiger partial charge in [0.25, 0.3) is 0 Å². The first-order chi connectivity index (χ1) is 15.5. The molecule has 1 aromatic heterocycles. The van der Waals surface area contributed by atoms with E-state index in [-0.39, 0.29) is 38.1 Å². The van der Waals surface area contributed by atoms with Crippen LogP contribution in [0.5, 0.6) is 11.5 Å². The third kappa shape index (κ3) is 5.31. The fourth-order valence-corrected chi connectivity index (χ4v) is 5.05. The molecule has 0 saturated carbocycles. The average Bonchev–Trinajstić information content (AvgIpc) is 3.35. The molecule has 2 heterocycles. The summed E-state index contributed by atoms with van der Waals surface area (Å²) in [7, 11) is 0. The third-order valence-electron chi connectivity index (χ3n) is 4.61. The van der Waals surface area contributed by atoms with Crippen molar-refractivity contribution in [1.82, 2.24) is 4.57 Å². The summed E-state index contributed by atoms with van der Waals surface area (Å²) in [5.74, 6) is 0.972. The molecule has 1 aliphatic heterocycles. The van der Waals surface area contributed by atoms with E-state index in [4.69, 9.17) is 14.2 Å². The topological polar surface area (TPSA) is 79.1 Å². The van der Waals surface area contributed by atoms with Crippen molar-refractivity contribution in [2.75, 3.05) is 19.2 Å². The molecule has 0 fully saturated rings. The summed E-state index contributed by atoms with van der Waals surface area (Å²) in [6, 6.07) is 9.87. The first kappa shape index (κ1) is 22.3. The monoisotopic (exact) mass is 476 g/mol. The lowest BCUT2D eigenvalue weighted by molar-refractivity contribution is -0.143. The highest BCUT2D eigenvalue weighted by atomic mass is 32.2. The van der Waals surface area contributed by atoms with Crippen molar-refractivity contribution in [1.29, 1.82) is 0 Å². The van der Waals surface area contributed by atoms with Crippen LogP contribution < -0.4 is 14.3 Å². The van der Waals surface area contributed by atoms with Gasteiger partial charge >= 0.3 is 5.97 Å². The summed E-state index contributed by atoms with van der Waals surface area (Å²) in [5.41, 5.74) is 0.728. The highest BCUT2D eigenvalue weighted by Gasteiger charge is 2.19. The zero-order valence-corrected chi connectivity index (χ0v) is 19.0. The molecule has 0 radical (unpaired) electrons. The van der Waals surface area contributed by atoms with Crippen molar-refractivity contribution in [3.63, 3.8) is 0 Å². The van der Waals surface area contributed by atoms with E-state index in [1.54, 1.807) is 41.5 Å². The molecule has 0 spiro atoms. The normalized spacial score (nSPS) is 13.0. The van der Waals surface area contributed by atoms with E-state index < -0.39 is 5.97 Å². The summed E-state index contributed by atoms with van der Waals surface area (Å²) in [4.78, 5) is 30.3. The number of aromatic nitrogens is 1. The van der Waals surface area contributed by atoms with Crippen LogP contribution in [0.15, 0.2) is 46.3 Å². The smallest absolute Gasteiger partial charge is 0.326 e. The Labute approximate surface area is 191 Å². The van der Waals surface area contributed by atoms with E-state index in [2.05, 4.69) is 4.99 Å². The Balaban J connectivity index is 1.50. The molecule has 168 valence electrons. The Bertz CT molecular complexity index is 1200. The Morgan fingerprint density at radius 3 is 2.72 bits per heavy atom. The van der Waals surface area contributed by atoms with Crippen LogP contribution in [-0.4, -0.2) is 35.6 Å². The predicted molar refractivity (Wildman–Crippen MR) is 119 cm³/mol. The number of carbonyl (C=O) groups is 2. The zero-order chi connectivity index (χ0) is 22.5. The highest BCUT2D eigenvalue weighted by Crippen LogP contribution is 2.37. The van der Waals surface area contributed by atoms with Gasteiger partial charge in [-0.15, -0.1) is 11.8 Å². The van der Waals surface area contributed by atoms with Crippen molar-refractivity contribution in [2.24, 2.45) is 4.99 Å². The van der Waals surface area contributed by atoms with Gasteiger partial charge in [-0.2, -0.15) is 4.99 Å². The predicted octanol–water partition coefficient (Wildman–Crippen LogP) is 4.13. The van der Waals surface area contributed by atoms with E-state index in [0.29, 0.717) is 28.5 Å². The molecule has 1 aliphatic rings. The highest BCUT2D eigenvalue weighted by molar-refractivity contribution is 7.99. The molecule has 0 aliphatic carbocycles. The SMILES string of the molecule is CCOC(=O)Cn1c(=NC(=O)CCCSc2ccc(F)cc2)sc2cc3c(cc21)OCO3. The van der Waals surface area contributed by atoms with E-state index in [9.17, 15) is 14.0 Å². The number of carbonyl (C=O) groups excluding carboxylic acids is 2. The van der Waals surface area contributed by atoms with Crippen LogP contribution in [0.25, 0.3) is 10.2 Å². The van der Waals surface area contributed by atoms with Gasteiger partial charge in [0.2, 0.25) is 12.7 Å². The minimum atomic E-state index is -0.408. The largest absolute Gasteiger partial charge is 0.465 e. The van der Waals surface area contributed by atoms with Crippen molar-refractivity contribution in [3.8, 4) is 11.5 Å². The second kappa shape index (κ2) is 10.2. The average molecular weight is 477 g/mol. The Hall–Kier alpha value is -2.85. The number of esters is 1. The van der Waals surface area contributed by atoms with E-state index >= 15 is 0 Å². The van der Waals surface area contributed by atoms with Gasteiger partial charge in [0.05, 0.1) is 16.8 Å². The van der Waals surface area contributed by atoms with Crippen LogP contribution in [0.4, 0.5) is 4.39 Å². The maximum atomic E-state index is 13.0. The number of halogens is 1. The quantitative estimate of drug-likeness (QED) is 0.276. The molecule has 0 bridgehead atoms. The maximum absolute atomic E-state index is 13.0. The zero-order valence-electron chi connectivity index (χ0n) is 17.3. The second-order valence-electron chi connectivity index (χ2n) is 6.86. The van der Waals surface area contributed by atoms with Crippen molar-refractivity contribution in [3.05, 3.63) is 47.0 Å². The molecule has 10 heteroatoms. The molecule has 32 heavy (non-hydrogen) atoms. The van der Waals surface area contributed by atoms with Crippen molar-refractivity contribution < 1.29 is 28.2 Å². The van der Waals surface area contributed by atoms with E-state index in [0.717, 1.165) is 15.1 Å². The molecular weight excluding hydrogens is 455 g/mol. The first-order valence-electron chi connectivity index (χ1n) is 10.1. The van der Waals surface area contributed by atoms with Gasteiger partial charge < -0.3 is 18.8 Å². The molecule has 3 aromatic rings. The van der Waals surface area contributed by atoms with Crippen LogP contribution in [0.1, 0.15) is 19.8 Å². The number of nitrogens with zero attached hydrogens (tertiary/aromatic N) is 2. The summed E-state index contributed by atoms with van der Waals surface area (Å²) >= 11 is 2.87. The van der Waals surface area contributed by atoms with Crippen LogP contribution in [0.2, 0.25) is 0 Å². The van der Waals surface area contributed by atoms with E-state index in [1.165, 1.54) is 23.5 Å². The lowest BCUT2D eigenvalue weighted by Gasteiger charge is -2.05. The van der Waals surface area contributed by atoms with Gasteiger partial charge in [-0.1, -0.05) is 11.3 Å². The molecule has 7 nitrogen and oxygen atoms in total. The number of ether oxygens (including phenoxy) is 3. The summed E-state index contributed by atoms with van der Waals surface area (Å²) < 4.78 is 31.4. The van der Waals surface area contributed by atoms with Crippen molar-refractivity contribution in [2.45, 2.75) is 31.2 Å². The maximum Gasteiger partial charge on any atom is 0.326 e. The van der Waals surface area contributed by atoms with Gasteiger partial charge in [-0.3, -0.25) is 9.59 Å². The minimum Gasteiger partial charge on any atom is -0.465 e. The van der Waals surface area contributed by atoms with Crippen LogP contribution in [0.3, 0.4) is 0 Å². The third-order valence-corrected chi connectivity index (χ3v) is 6.75. The molecular formula is C22H21FN2O5S2. The number of fused-ring (bicyclic) bond motifs is 2. The van der Waals surface area contributed by atoms with Gasteiger partial charge in [-0.25, -0.2) is 4.39 Å². The summed E-state index contributed by atoms with van der Waals surface area (Å²) in [6.45, 7) is 2.10. The fourth-order valence-electron chi connectivity index (χ4n) is 3.14. The molecule has 0 atom stereocenters. The standard InChI is InChI=1S/C22H21FN2O5S2/c1-2-28-21(27)12-25-16-10-17-18(30-13-29-17)11-19(16)32-22(25)24-20(26)4-3-9-31-15-7-5-14(23)6-8-15/h5-8,10-11H,2-4,9,12-13H2,1H3. The van der Waals surface area contributed by atoms with E-state index in [1.807, 2.05) is 6.07 Å². The number of thiazole rings is 1. The molecule has 0 saturated heterocycles. The molecule has 1 amide bonds. The molecule has 0 unspecified atom stereocenters. The van der Waals surface area contributed by atoms with Gasteiger partial charge in [0.15, 0.2) is 16.3 Å².